The zero-order chi connectivity index (χ0) is 28.4. The van der Waals surface area contributed by atoms with Crippen LogP contribution >= 0.6 is 0 Å². The highest BCUT2D eigenvalue weighted by Gasteiger charge is 2.35. The van der Waals surface area contributed by atoms with Crippen molar-refractivity contribution in [2.75, 3.05) is 13.1 Å². The average Bonchev–Trinajstić information content (AvgIpc) is 3.38. The Hall–Kier alpha value is -4.44. The number of para-hydroxylation sites is 1. The Bertz CT molecular complexity index is 1900. The van der Waals surface area contributed by atoms with E-state index in [1.54, 1.807) is 22.8 Å². The molecule has 10 nitrogen and oxygen atoms in total. The third kappa shape index (κ3) is 4.30. The van der Waals surface area contributed by atoms with Crippen molar-refractivity contribution in [1.82, 2.24) is 14.0 Å². The number of nitrogens with zero attached hydrogens (tertiary/aromatic N) is 3. The molecule has 6 heterocycles. The summed E-state index contributed by atoms with van der Waals surface area (Å²) < 4.78 is 9.71. The van der Waals surface area contributed by atoms with Crippen molar-refractivity contribution in [3.8, 4) is 5.75 Å². The van der Waals surface area contributed by atoms with Crippen molar-refractivity contribution in [3.63, 3.8) is 0 Å². The molecule has 10 heteroatoms. The maximum Gasteiger partial charge on any atom is 0.255 e. The van der Waals surface area contributed by atoms with Gasteiger partial charge in [-0.15, -0.1) is 0 Å². The fourth-order valence-electron chi connectivity index (χ4n) is 7.20. The number of aromatic hydroxyl groups is 1. The minimum atomic E-state index is -1.02. The lowest BCUT2D eigenvalue weighted by molar-refractivity contribution is -0.118. The molecule has 1 amide bonds. The highest BCUT2D eigenvalue weighted by atomic mass is 16.4. The summed E-state index contributed by atoms with van der Waals surface area (Å²) in [5, 5.41) is 11.7. The van der Waals surface area contributed by atoms with Gasteiger partial charge in [0.2, 0.25) is 17.1 Å². The number of carbonyl (C=O) groups is 1. The molecule has 1 aromatic carbocycles. The molecule has 3 N–H and O–H groups in total. The van der Waals surface area contributed by atoms with Gasteiger partial charge in [-0.2, -0.15) is 0 Å². The Morgan fingerprint density at radius 3 is 2.71 bits per heavy atom. The van der Waals surface area contributed by atoms with E-state index in [2.05, 4.69) is 4.90 Å². The Balaban J connectivity index is 1.26. The zero-order valence-electron chi connectivity index (χ0n) is 22.4. The number of hydrogen-bond acceptors (Lipinski definition) is 7. The van der Waals surface area contributed by atoms with Gasteiger partial charge in [-0.1, -0.05) is 24.3 Å². The van der Waals surface area contributed by atoms with Crippen LogP contribution < -0.4 is 22.3 Å². The van der Waals surface area contributed by atoms with Gasteiger partial charge >= 0.3 is 0 Å². The van der Waals surface area contributed by atoms with E-state index in [4.69, 9.17) is 10.2 Å². The Labute approximate surface area is 234 Å². The number of aromatic nitrogens is 2. The summed E-state index contributed by atoms with van der Waals surface area (Å²) in [6, 6.07) is 14.2. The number of benzene rings is 1. The summed E-state index contributed by atoms with van der Waals surface area (Å²) in [6.45, 7) is 2.86. The maximum atomic E-state index is 13.7. The van der Waals surface area contributed by atoms with Crippen LogP contribution in [0.5, 0.6) is 5.75 Å². The minimum absolute atomic E-state index is 0.0136. The molecular formula is C31H30N4O6. The normalized spacial score (nSPS) is 20.2. The van der Waals surface area contributed by atoms with E-state index in [0.29, 0.717) is 31.9 Å². The molecule has 0 radical (unpaired) electrons. The molecule has 4 aromatic rings. The molecule has 1 fully saturated rings. The van der Waals surface area contributed by atoms with Crippen LogP contribution in [0.4, 0.5) is 0 Å². The van der Waals surface area contributed by atoms with E-state index in [-0.39, 0.29) is 40.7 Å². The molecule has 3 aliphatic heterocycles. The van der Waals surface area contributed by atoms with Gasteiger partial charge < -0.3 is 24.4 Å². The molecule has 41 heavy (non-hydrogen) atoms. The first-order valence-corrected chi connectivity index (χ1v) is 14.0. The monoisotopic (exact) mass is 554 g/mol. The summed E-state index contributed by atoms with van der Waals surface area (Å²) in [4.78, 5) is 53.4. The number of likely N-dealkylation sites (tertiary alicyclic amines) is 1. The van der Waals surface area contributed by atoms with E-state index in [0.717, 1.165) is 41.5 Å². The van der Waals surface area contributed by atoms with Crippen LogP contribution in [-0.2, 0) is 30.8 Å². The number of amides is 1. The van der Waals surface area contributed by atoms with E-state index in [9.17, 15) is 24.3 Å². The molecule has 210 valence electrons. The molecule has 1 saturated heterocycles. The third-order valence-corrected chi connectivity index (χ3v) is 8.86. The number of aryl methyl sites for hydroxylation is 2. The summed E-state index contributed by atoms with van der Waals surface area (Å²) in [7, 11) is 0. The number of hydrogen-bond donors (Lipinski definition) is 2. The second-order valence-electron chi connectivity index (χ2n) is 11.6. The van der Waals surface area contributed by atoms with Crippen molar-refractivity contribution in [3.05, 3.63) is 108 Å². The highest BCUT2D eigenvalue weighted by molar-refractivity contribution is 5.84. The van der Waals surface area contributed by atoms with Crippen LogP contribution in [0.1, 0.15) is 53.0 Å². The fourth-order valence-corrected chi connectivity index (χ4v) is 7.20. The Morgan fingerprint density at radius 2 is 1.88 bits per heavy atom. The van der Waals surface area contributed by atoms with Crippen molar-refractivity contribution in [2.45, 2.75) is 50.7 Å². The van der Waals surface area contributed by atoms with Crippen molar-refractivity contribution < 1.29 is 14.3 Å². The molecule has 7 rings (SSSR count). The zero-order valence-corrected chi connectivity index (χ0v) is 22.4. The van der Waals surface area contributed by atoms with Gasteiger partial charge in [0.15, 0.2) is 5.76 Å². The summed E-state index contributed by atoms with van der Waals surface area (Å²) >= 11 is 0. The topological polar surface area (TPSA) is 141 Å². The van der Waals surface area contributed by atoms with Gasteiger partial charge in [-0.25, -0.2) is 0 Å². The predicted octanol–water partition coefficient (Wildman–Crippen LogP) is 2.00. The lowest BCUT2D eigenvalue weighted by Crippen LogP contribution is -2.46. The highest BCUT2D eigenvalue weighted by Crippen LogP contribution is 2.37. The first kappa shape index (κ1) is 25.5. The van der Waals surface area contributed by atoms with Crippen molar-refractivity contribution in [1.29, 1.82) is 0 Å². The SMILES string of the molecule is NC(=O)C[C@H](c1oc(CN2C[C@H]3C[C@@H](C2)c2cccc(=O)n2C3)cc(=O)c1O)c1cc2cccc3c2n(c1=O)CC3. The molecule has 2 bridgehead atoms. The van der Waals surface area contributed by atoms with Crippen LogP contribution in [0.25, 0.3) is 10.9 Å². The van der Waals surface area contributed by atoms with Gasteiger partial charge in [0.05, 0.1) is 18.0 Å². The fraction of sp³-hybridized carbons (Fsp3) is 0.355. The molecule has 3 aliphatic rings. The number of pyridine rings is 2. The quantitative estimate of drug-likeness (QED) is 0.371. The van der Waals surface area contributed by atoms with Crippen LogP contribution in [0.3, 0.4) is 0 Å². The number of fused-ring (bicyclic) bond motifs is 4. The van der Waals surface area contributed by atoms with E-state index in [1.165, 1.54) is 6.07 Å². The largest absolute Gasteiger partial charge is 0.502 e. The van der Waals surface area contributed by atoms with Gasteiger partial charge in [0.25, 0.3) is 11.1 Å². The lowest BCUT2D eigenvalue weighted by Gasteiger charge is -2.42. The smallest absolute Gasteiger partial charge is 0.255 e. The molecule has 0 aliphatic carbocycles. The summed E-state index contributed by atoms with van der Waals surface area (Å²) in [5.41, 5.74) is 7.89. The molecule has 3 aromatic heterocycles. The summed E-state index contributed by atoms with van der Waals surface area (Å²) in [5.74, 6) is -1.67. The standard InChI is InChI=1S/C31H30N4O6/c32-26(37)12-22(23-10-19-4-1-3-18-7-8-34(28(18)19)31(23)40)30-29(39)25(36)11-21(41-30)16-33-13-17-9-20(15-33)24-5-2-6-27(38)35(24)14-17/h1-6,10-11,17,20,22,39H,7-9,12-16H2,(H2,32,37)/t17-,20+,22+/m1/s1. The number of nitrogens with two attached hydrogens (primary N) is 1. The summed E-state index contributed by atoms with van der Waals surface area (Å²) in [6.07, 6.45) is 1.41. The third-order valence-electron chi connectivity index (χ3n) is 8.86. The number of primary amides is 1. The molecule has 0 spiro atoms. The maximum absolute atomic E-state index is 13.7. The predicted molar refractivity (Wildman–Crippen MR) is 151 cm³/mol. The van der Waals surface area contributed by atoms with Crippen LogP contribution in [0.2, 0.25) is 0 Å². The van der Waals surface area contributed by atoms with Gasteiger partial charge in [0.1, 0.15) is 5.76 Å². The first-order valence-electron chi connectivity index (χ1n) is 14.0. The van der Waals surface area contributed by atoms with E-state index in [1.807, 2.05) is 28.8 Å². The van der Waals surface area contributed by atoms with E-state index >= 15 is 0 Å². The van der Waals surface area contributed by atoms with Crippen LogP contribution in [0, 0.1) is 5.92 Å². The van der Waals surface area contributed by atoms with Gasteiger partial charge in [0, 0.05) is 61.9 Å². The second kappa shape index (κ2) is 9.59. The van der Waals surface area contributed by atoms with Gasteiger partial charge in [-0.05, 0) is 41.8 Å². The number of piperidine rings is 1. The second-order valence-corrected chi connectivity index (χ2v) is 11.6. The number of rotatable bonds is 6. The molecule has 0 saturated carbocycles. The average molecular weight is 555 g/mol. The number of carbonyl (C=O) groups excluding carboxylic acids is 1. The molecule has 3 atom stereocenters. The van der Waals surface area contributed by atoms with E-state index < -0.39 is 23.0 Å². The Morgan fingerprint density at radius 1 is 1.05 bits per heavy atom. The van der Waals surface area contributed by atoms with Crippen LogP contribution in [-0.4, -0.2) is 38.1 Å². The lowest BCUT2D eigenvalue weighted by atomic mass is 9.83. The Kier molecular flexibility index (Phi) is 5.97. The molecular weight excluding hydrogens is 524 g/mol. The van der Waals surface area contributed by atoms with Crippen molar-refractivity contribution >= 4 is 16.8 Å². The molecule has 0 unspecified atom stereocenters. The van der Waals surface area contributed by atoms with Gasteiger partial charge in [-0.3, -0.25) is 24.1 Å². The van der Waals surface area contributed by atoms with Crippen LogP contribution in [0.15, 0.2) is 67.3 Å². The minimum Gasteiger partial charge on any atom is -0.502 e. The first-order chi connectivity index (χ1) is 19.8. The van der Waals surface area contributed by atoms with Crippen molar-refractivity contribution in [2.24, 2.45) is 11.7 Å².